The summed E-state index contributed by atoms with van der Waals surface area (Å²) in [5, 5.41) is 0. The number of benzene rings is 1. The predicted molar refractivity (Wildman–Crippen MR) is 76.2 cm³/mol. The molecule has 0 saturated heterocycles. The lowest BCUT2D eigenvalue weighted by Gasteiger charge is -2.08. The standard InChI is InChI=1S/C15H18F3N3/c1-3-5-6-21-12(4-2)20-14(15(21)19)9-7-10(16)13(18)11(17)8-9/h7-8H,3-6,19H2,1-2H3. The van der Waals surface area contributed by atoms with Gasteiger partial charge in [-0.3, -0.25) is 0 Å². The van der Waals surface area contributed by atoms with Gasteiger partial charge < -0.3 is 10.3 Å². The van der Waals surface area contributed by atoms with E-state index in [0.29, 0.717) is 24.5 Å². The third-order valence-corrected chi connectivity index (χ3v) is 3.39. The van der Waals surface area contributed by atoms with Gasteiger partial charge in [-0.05, 0) is 18.6 Å². The zero-order valence-corrected chi connectivity index (χ0v) is 12.1. The molecule has 0 bridgehead atoms. The summed E-state index contributed by atoms with van der Waals surface area (Å²) < 4.78 is 41.6. The molecule has 0 aliphatic carbocycles. The van der Waals surface area contributed by atoms with Crippen LogP contribution in [0.15, 0.2) is 12.1 Å². The van der Waals surface area contributed by atoms with Crippen LogP contribution < -0.4 is 5.73 Å². The summed E-state index contributed by atoms with van der Waals surface area (Å²) in [5.74, 6) is -2.87. The summed E-state index contributed by atoms with van der Waals surface area (Å²) in [6.45, 7) is 4.69. The molecule has 0 atom stereocenters. The molecule has 0 spiro atoms. The molecule has 0 unspecified atom stereocenters. The van der Waals surface area contributed by atoms with Gasteiger partial charge in [-0.25, -0.2) is 18.2 Å². The highest BCUT2D eigenvalue weighted by molar-refractivity contribution is 5.71. The van der Waals surface area contributed by atoms with E-state index in [2.05, 4.69) is 11.9 Å². The molecule has 1 heterocycles. The van der Waals surface area contributed by atoms with Gasteiger partial charge in [0.25, 0.3) is 0 Å². The Morgan fingerprint density at radius 2 is 1.76 bits per heavy atom. The topological polar surface area (TPSA) is 43.8 Å². The Bertz CT molecular complexity index is 627. The molecule has 1 aromatic heterocycles. The fourth-order valence-electron chi connectivity index (χ4n) is 2.25. The number of aromatic nitrogens is 2. The first kappa shape index (κ1) is 15.4. The number of nitrogens with zero attached hydrogens (tertiary/aromatic N) is 2. The number of rotatable bonds is 5. The molecule has 2 N–H and O–H groups in total. The molecule has 114 valence electrons. The van der Waals surface area contributed by atoms with Crippen molar-refractivity contribution in [2.75, 3.05) is 5.73 Å². The minimum atomic E-state index is -1.49. The molecule has 2 aromatic rings. The van der Waals surface area contributed by atoms with E-state index in [0.717, 1.165) is 30.8 Å². The molecule has 0 aliphatic heterocycles. The largest absolute Gasteiger partial charge is 0.383 e. The van der Waals surface area contributed by atoms with Crippen molar-refractivity contribution in [3.8, 4) is 11.3 Å². The minimum absolute atomic E-state index is 0.147. The fourth-order valence-corrected chi connectivity index (χ4v) is 2.25. The van der Waals surface area contributed by atoms with E-state index >= 15 is 0 Å². The zero-order chi connectivity index (χ0) is 15.6. The molecule has 0 aliphatic rings. The van der Waals surface area contributed by atoms with Crippen molar-refractivity contribution < 1.29 is 13.2 Å². The van der Waals surface area contributed by atoms with Gasteiger partial charge in [0, 0.05) is 18.5 Å². The van der Waals surface area contributed by atoms with Crippen molar-refractivity contribution in [3.05, 3.63) is 35.4 Å². The van der Waals surface area contributed by atoms with Crippen LogP contribution in [-0.2, 0) is 13.0 Å². The van der Waals surface area contributed by atoms with Crippen molar-refractivity contribution in [2.45, 2.75) is 39.7 Å². The maximum atomic E-state index is 13.4. The lowest BCUT2D eigenvalue weighted by atomic mass is 10.1. The average molecular weight is 297 g/mol. The molecule has 0 saturated carbocycles. The molecule has 6 heteroatoms. The van der Waals surface area contributed by atoms with E-state index < -0.39 is 17.5 Å². The van der Waals surface area contributed by atoms with Crippen molar-refractivity contribution >= 4 is 5.82 Å². The highest BCUT2D eigenvalue weighted by Crippen LogP contribution is 2.29. The van der Waals surface area contributed by atoms with Gasteiger partial charge in [0.15, 0.2) is 17.5 Å². The molecular formula is C15H18F3N3. The summed E-state index contributed by atoms with van der Waals surface area (Å²) in [5.41, 5.74) is 6.49. The Labute approximate surface area is 121 Å². The lowest BCUT2D eigenvalue weighted by Crippen LogP contribution is -2.06. The summed E-state index contributed by atoms with van der Waals surface area (Å²) in [6.07, 6.45) is 2.58. The van der Waals surface area contributed by atoms with Crippen LogP contribution in [0.4, 0.5) is 19.0 Å². The normalized spacial score (nSPS) is 11.1. The van der Waals surface area contributed by atoms with Gasteiger partial charge in [-0.15, -0.1) is 0 Å². The van der Waals surface area contributed by atoms with Gasteiger partial charge in [0.2, 0.25) is 0 Å². The number of anilines is 1. The van der Waals surface area contributed by atoms with Crippen molar-refractivity contribution in [1.82, 2.24) is 9.55 Å². The molecule has 3 nitrogen and oxygen atoms in total. The number of nitrogens with two attached hydrogens (primary N) is 1. The highest BCUT2D eigenvalue weighted by Gasteiger charge is 2.18. The lowest BCUT2D eigenvalue weighted by molar-refractivity contribution is 0.447. The van der Waals surface area contributed by atoms with Crippen LogP contribution >= 0.6 is 0 Å². The molecule has 1 aromatic carbocycles. The first-order valence-corrected chi connectivity index (χ1v) is 6.99. The Morgan fingerprint density at radius 1 is 1.14 bits per heavy atom. The quantitative estimate of drug-likeness (QED) is 0.850. The monoisotopic (exact) mass is 297 g/mol. The van der Waals surface area contributed by atoms with E-state index in [-0.39, 0.29) is 5.56 Å². The summed E-state index contributed by atoms with van der Waals surface area (Å²) in [6, 6.07) is 1.83. The second kappa shape index (κ2) is 6.20. The van der Waals surface area contributed by atoms with Gasteiger partial charge in [0.1, 0.15) is 17.3 Å². The van der Waals surface area contributed by atoms with Crippen molar-refractivity contribution in [2.24, 2.45) is 0 Å². The average Bonchev–Trinajstić information content (AvgIpc) is 2.78. The molecule has 0 amide bonds. The van der Waals surface area contributed by atoms with Crippen LogP contribution in [0.25, 0.3) is 11.3 Å². The first-order chi connectivity index (χ1) is 9.99. The number of hydrogen-bond acceptors (Lipinski definition) is 2. The van der Waals surface area contributed by atoms with Gasteiger partial charge in [0.05, 0.1) is 0 Å². The highest BCUT2D eigenvalue weighted by atomic mass is 19.2. The number of imidazole rings is 1. The van der Waals surface area contributed by atoms with Crippen LogP contribution in [0, 0.1) is 17.5 Å². The van der Waals surface area contributed by atoms with Crippen molar-refractivity contribution in [3.63, 3.8) is 0 Å². The molecule has 0 radical (unpaired) electrons. The summed E-state index contributed by atoms with van der Waals surface area (Å²) in [4.78, 5) is 4.35. The van der Waals surface area contributed by atoms with E-state index in [1.54, 1.807) is 0 Å². The fraction of sp³-hybridized carbons (Fsp3) is 0.400. The Balaban J connectivity index is 2.52. The third-order valence-electron chi connectivity index (χ3n) is 3.39. The second-order valence-electron chi connectivity index (χ2n) is 4.87. The van der Waals surface area contributed by atoms with E-state index in [1.807, 2.05) is 11.5 Å². The number of unbranched alkanes of at least 4 members (excludes halogenated alkanes) is 1. The van der Waals surface area contributed by atoms with Gasteiger partial charge in [-0.2, -0.15) is 0 Å². The number of nitrogen functional groups attached to an aromatic ring is 1. The molecule has 2 rings (SSSR count). The second-order valence-corrected chi connectivity index (χ2v) is 4.87. The summed E-state index contributed by atoms with van der Waals surface area (Å²) >= 11 is 0. The number of halogens is 3. The SMILES string of the molecule is CCCCn1c(CC)nc(-c2cc(F)c(F)c(F)c2)c1N. The minimum Gasteiger partial charge on any atom is -0.383 e. The Kier molecular flexibility index (Phi) is 4.55. The van der Waals surface area contributed by atoms with Gasteiger partial charge in [-0.1, -0.05) is 20.3 Å². The predicted octanol–water partition coefficient (Wildman–Crippen LogP) is 3.91. The number of hydrogen-bond donors (Lipinski definition) is 1. The van der Waals surface area contributed by atoms with Gasteiger partial charge >= 0.3 is 0 Å². The maximum Gasteiger partial charge on any atom is 0.194 e. The zero-order valence-electron chi connectivity index (χ0n) is 12.1. The number of aryl methyl sites for hydroxylation is 1. The van der Waals surface area contributed by atoms with E-state index in [4.69, 9.17) is 5.73 Å². The maximum absolute atomic E-state index is 13.4. The van der Waals surface area contributed by atoms with Crippen LogP contribution in [0.3, 0.4) is 0 Å². The first-order valence-electron chi connectivity index (χ1n) is 6.99. The Morgan fingerprint density at radius 3 is 2.29 bits per heavy atom. The summed E-state index contributed by atoms with van der Waals surface area (Å²) in [7, 11) is 0. The van der Waals surface area contributed by atoms with Crippen LogP contribution in [0.5, 0.6) is 0 Å². The van der Waals surface area contributed by atoms with Crippen LogP contribution in [-0.4, -0.2) is 9.55 Å². The van der Waals surface area contributed by atoms with Crippen LogP contribution in [0.1, 0.15) is 32.5 Å². The molecular weight excluding hydrogens is 279 g/mol. The van der Waals surface area contributed by atoms with Crippen molar-refractivity contribution in [1.29, 1.82) is 0 Å². The smallest absolute Gasteiger partial charge is 0.194 e. The molecule has 21 heavy (non-hydrogen) atoms. The molecule has 0 fully saturated rings. The Hall–Kier alpha value is -1.98. The van der Waals surface area contributed by atoms with E-state index in [1.165, 1.54) is 0 Å². The van der Waals surface area contributed by atoms with Crippen LogP contribution in [0.2, 0.25) is 0 Å². The van der Waals surface area contributed by atoms with E-state index in [9.17, 15) is 13.2 Å². The third kappa shape index (κ3) is 2.89.